The summed E-state index contributed by atoms with van der Waals surface area (Å²) >= 11 is 0. The maximum absolute atomic E-state index is 13.5. The Labute approximate surface area is 146 Å². The number of nitrogens with one attached hydrogen (secondary N) is 1. The quantitative estimate of drug-likeness (QED) is 0.926. The first kappa shape index (κ1) is 16.5. The molecule has 0 amide bonds. The van der Waals surface area contributed by atoms with Crippen LogP contribution in [0, 0.1) is 11.6 Å². The molecule has 4 rings (SSSR count). The van der Waals surface area contributed by atoms with Gasteiger partial charge in [0.15, 0.2) is 11.6 Å². The number of rotatable bonds is 3. The van der Waals surface area contributed by atoms with Crippen LogP contribution in [-0.2, 0) is 19.4 Å². The van der Waals surface area contributed by atoms with Crippen molar-refractivity contribution in [2.75, 3.05) is 24.5 Å². The average Bonchev–Trinajstić information content (AvgIpc) is 3.06. The van der Waals surface area contributed by atoms with Crippen molar-refractivity contribution in [3.05, 3.63) is 46.8 Å². The van der Waals surface area contributed by atoms with Crippen LogP contribution in [0.25, 0.3) is 0 Å². The smallest absolute Gasteiger partial charge is 0.160 e. The van der Waals surface area contributed by atoms with E-state index >= 15 is 0 Å². The number of piperidine rings is 1. The SMILES string of the molecule is CCc1n[nH]c2c1CN(C1CCN(c3ccc(F)c(F)c3)CC1)CC2. The molecular formula is C19H24F2N4. The molecule has 6 heteroatoms. The molecule has 0 aliphatic carbocycles. The molecule has 0 atom stereocenters. The Morgan fingerprint density at radius 3 is 2.68 bits per heavy atom. The van der Waals surface area contributed by atoms with E-state index in [0.29, 0.717) is 6.04 Å². The van der Waals surface area contributed by atoms with E-state index in [2.05, 4.69) is 26.9 Å². The summed E-state index contributed by atoms with van der Waals surface area (Å²) < 4.78 is 26.6. The van der Waals surface area contributed by atoms with Crippen molar-refractivity contribution < 1.29 is 8.78 Å². The number of nitrogens with zero attached hydrogens (tertiary/aromatic N) is 3. The van der Waals surface area contributed by atoms with Crippen LogP contribution >= 0.6 is 0 Å². The van der Waals surface area contributed by atoms with E-state index in [9.17, 15) is 8.78 Å². The van der Waals surface area contributed by atoms with Gasteiger partial charge >= 0.3 is 0 Å². The number of aryl methyl sites for hydroxylation is 1. The summed E-state index contributed by atoms with van der Waals surface area (Å²) in [6.45, 7) is 5.95. The van der Waals surface area contributed by atoms with Gasteiger partial charge in [-0.05, 0) is 31.4 Å². The van der Waals surface area contributed by atoms with Gasteiger partial charge in [0.25, 0.3) is 0 Å². The molecule has 1 fully saturated rings. The Kier molecular flexibility index (Phi) is 4.46. The maximum Gasteiger partial charge on any atom is 0.160 e. The summed E-state index contributed by atoms with van der Waals surface area (Å²) in [5.74, 6) is -1.55. The van der Waals surface area contributed by atoms with Crippen LogP contribution in [0.2, 0.25) is 0 Å². The largest absolute Gasteiger partial charge is 0.371 e. The van der Waals surface area contributed by atoms with E-state index in [1.54, 1.807) is 6.07 Å². The summed E-state index contributed by atoms with van der Waals surface area (Å²) in [6.07, 6.45) is 4.10. The number of fused-ring (bicyclic) bond motifs is 1. The van der Waals surface area contributed by atoms with Crippen molar-refractivity contribution in [1.29, 1.82) is 0 Å². The first-order valence-corrected chi connectivity index (χ1v) is 9.14. The number of benzene rings is 1. The molecule has 2 aliphatic heterocycles. The lowest BCUT2D eigenvalue weighted by Gasteiger charge is -2.41. The van der Waals surface area contributed by atoms with Crippen LogP contribution in [0.4, 0.5) is 14.5 Å². The first-order chi connectivity index (χ1) is 12.2. The molecule has 134 valence electrons. The molecule has 0 radical (unpaired) electrons. The molecule has 3 heterocycles. The fourth-order valence-corrected chi connectivity index (χ4v) is 4.15. The van der Waals surface area contributed by atoms with E-state index in [1.807, 2.05) is 0 Å². The molecule has 0 spiro atoms. The highest BCUT2D eigenvalue weighted by molar-refractivity contribution is 5.47. The molecule has 0 bridgehead atoms. The minimum absolute atomic E-state index is 0.550. The highest BCUT2D eigenvalue weighted by atomic mass is 19.2. The molecule has 0 unspecified atom stereocenters. The average molecular weight is 346 g/mol. The summed E-state index contributed by atoms with van der Waals surface area (Å²) in [5, 5.41) is 7.62. The van der Waals surface area contributed by atoms with Crippen LogP contribution in [0.15, 0.2) is 18.2 Å². The lowest BCUT2D eigenvalue weighted by Crippen LogP contribution is -2.46. The number of anilines is 1. The second-order valence-electron chi connectivity index (χ2n) is 7.02. The number of halogens is 2. The van der Waals surface area contributed by atoms with Crippen molar-refractivity contribution in [1.82, 2.24) is 15.1 Å². The molecular weight excluding hydrogens is 322 g/mol. The Hall–Kier alpha value is -1.95. The van der Waals surface area contributed by atoms with Crippen molar-refractivity contribution in [2.24, 2.45) is 0 Å². The van der Waals surface area contributed by atoms with Gasteiger partial charge in [0.1, 0.15) is 0 Å². The summed E-state index contributed by atoms with van der Waals surface area (Å²) in [7, 11) is 0. The number of aromatic nitrogens is 2. The van der Waals surface area contributed by atoms with E-state index in [1.165, 1.54) is 29.1 Å². The second kappa shape index (κ2) is 6.75. The second-order valence-corrected chi connectivity index (χ2v) is 7.02. The number of aromatic amines is 1. The summed E-state index contributed by atoms with van der Waals surface area (Å²) in [6, 6.07) is 4.75. The van der Waals surface area contributed by atoms with E-state index in [-0.39, 0.29) is 0 Å². The predicted molar refractivity (Wildman–Crippen MR) is 93.7 cm³/mol. The third kappa shape index (κ3) is 3.15. The van der Waals surface area contributed by atoms with Crippen molar-refractivity contribution in [2.45, 2.75) is 45.2 Å². The Balaban J connectivity index is 1.40. The van der Waals surface area contributed by atoms with Crippen LogP contribution < -0.4 is 4.90 Å². The molecule has 1 N–H and O–H groups in total. The molecule has 1 aromatic heterocycles. The highest BCUT2D eigenvalue weighted by Crippen LogP contribution is 2.28. The van der Waals surface area contributed by atoms with Crippen molar-refractivity contribution in [3.8, 4) is 0 Å². The fourth-order valence-electron chi connectivity index (χ4n) is 4.15. The minimum atomic E-state index is -0.783. The zero-order valence-corrected chi connectivity index (χ0v) is 14.6. The zero-order valence-electron chi connectivity index (χ0n) is 14.6. The van der Waals surface area contributed by atoms with Gasteiger partial charge in [-0.3, -0.25) is 10.00 Å². The summed E-state index contributed by atoms with van der Waals surface area (Å²) in [4.78, 5) is 4.73. The van der Waals surface area contributed by atoms with Gasteiger partial charge < -0.3 is 4.90 Å². The van der Waals surface area contributed by atoms with Gasteiger partial charge in [-0.1, -0.05) is 6.92 Å². The maximum atomic E-state index is 13.5. The lowest BCUT2D eigenvalue weighted by atomic mass is 9.97. The number of hydrogen-bond acceptors (Lipinski definition) is 3. The Morgan fingerprint density at radius 2 is 1.96 bits per heavy atom. The summed E-state index contributed by atoms with van der Waals surface area (Å²) in [5.41, 5.74) is 4.66. The van der Waals surface area contributed by atoms with Crippen LogP contribution in [0.5, 0.6) is 0 Å². The monoisotopic (exact) mass is 346 g/mol. The number of H-pyrrole nitrogens is 1. The van der Waals surface area contributed by atoms with Crippen LogP contribution in [-0.4, -0.2) is 40.8 Å². The fraction of sp³-hybridized carbons (Fsp3) is 0.526. The highest BCUT2D eigenvalue weighted by Gasteiger charge is 2.29. The Morgan fingerprint density at radius 1 is 1.16 bits per heavy atom. The minimum Gasteiger partial charge on any atom is -0.371 e. The van der Waals surface area contributed by atoms with E-state index in [4.69, 9.17) is 0 Å². The van der Waals surface area contributed by atoms with Gasteiger partial charge in [0.2, 0.25) is 0 Å². The van der Waals surface area contributed by atoms with Crippen molar-refractivity contribution >= 4 is 5.69 Å². The first-order valence-electron chi connectivity index (χ1n) is 9.14. The number of hydrogen-bond donors (Lipinski definition) is 1. The van der Waals surface area contributed by atoms with Gasteiger partial charge in [-0.25, -0.2) is 8.78 Å². The Bertz CT molecular complexity index is 736. The predicted octanol–water partition coefficient (Wildman–Crippen LogP) is 3.28. The molecule has 2 aliphatic rings. The normalized spacial score (nSPS) is 19.2. The third-order valence-corrected chi connectivity index (χ3v) is 5.63. The third-order valence-electron chi connectivity index (χ3n) is 5.63. The van der Waals surface area contributed by atoms with Gasteiger partial charge in [-0.15, -0.1) is 0 Å². The molecule has 1 aromatic carbocycles. The topological polar surface area (TPSA) is 35.2 Å². The van der Waals surface area contributed by atoms with Gasteiger partial charge in [0, 0.05) is 61.7 Å². The standard InChI is InChI=1S/C19H24F2N4/c1-2-18-15-12-25(10-7-19(15)23-22-18)13-5-8-24(9-6-13)14-3-4-16(20)17(21)11-14/h3-4,11,13H,2,5-10,12H2,1H3,(H,22,23). The zero-order chi connectivity index (χ0) is 17.4. The molecule has 25 heavy (non-hydrogen) atoms. The van der Waals surface area contributed by atoms with Crippen LogP contribution in [0.3, 0.4) is 0 Å². The van der Waals surface area contributed by atoms with Gasteiger partial charge in [-0.2, -0.15) is 5.10 Å². The van der Waals surface area contributed by atoms with E-state index < -0.39 is 11.6 Å². The van der Waals surface area contributed by atoms with Crippen LogP contribution in [0.1, 0.15) is 36.7 Å². The lowest BCUT2D eigenvalue weighted by molar-refractivity contribution is 0.152. The van der Waals surface area contributed by atoms with Crippen molar-refractivity contribution in [3.63, 3.8) is 0 Å². The van der Waals surface area contributed by atoms with Gasteiger partial charge in [0.05, 0.1) is 5.69 Å². The molecule has 1 saturated heterocycles. The molecule has 0 saturated carbocycles. The van der Waals surface area contributed by atoms with E-state index in [0.717, 1.165) is 57.5 Å². The molecule has 2 aromatic rings. The molecule has 4 nitrogen and oxygen atoms in total.